The molecule has 90 valence electrons. The van der Waals surface area contributed by atoms with Crippen LogP contribution in [0.2, 0.25) is 0 Å². The lowest BCUT2D eigenvalue weighted by Crippen LogP contribution is -2.39. The molecule has 5 nitrogen and oxygen atoms in total. The van der Waals surface area contributed by atoms with E-state index < -0.39 is 23.8 Å². The second kappa shape index (κ2) is 5.09. The van der Waals surface area contributed by atoms with Gasteiger partial charge in [-0.25, -0.2) is 0 Å². The molecule has 1 aliphatic carbocycles. The van der Waals surface area contributed by atoms with Crippen LogP contribution in [0.15, 0.2) is 0 Å². The van der Waals surface area contributed by atoms with Crippen LogP contribution in [-0.2, 0) is 14.4 Å². The van der Waals surface area contributed by atoms with Gasteiger partial charge in [0.05, 0.1) is 0 Å². The van der Waals surface area contributed by atoms with Gasteiger partial charge in [0.1, 0.15) is 5.78 Å². The number of carboxylic acid groups (broad SMARTS) is 2. The summed E-state index contributed by atoms with van der Waals surface area (Å²) in [5.41, 5.74) is 0. The molecular weight excluding hydrogens is 212 g/mol. The number of ketones is 1. The van der Waals surface area contributed by atoms with E-state index in [1.807, 2.05) is 6.92 Å². The van der Waals surface area contributed by atoms with Crippen LogP contribution in [0, 0.1) is 17.8 Å². The maximum Gasteiger partial charge on any atom is 0.318 e. The average Bonchev–Trinajstić information content (AvgIpc) is 2.17. The summed E-state index contributed by atoms with van der Waals surface area (Å²) in [5.74, 6) is -4.69. The molecule has 1 fully saturated rings. The van der Waals surface area contributed by atoms with Gasteiger partial charge in [0.2, 0.25) is 0 Å². The summed E-state index contributed by atoms with van der Waals surface area (Å²) in [7, 11) is 0. The van der Waals surface area contributed by atoms with E-state index >= 15 is 0 Å². The predicted molar refractivity (Wildman–Crippen MR) is 54.9 cm³/mol. The monoisotopic (exact) mass is 228 g/mol. The summed E-state index contributed by atoms with van der Waals surface area (Å²) >= 11 is 0. The summed E-state index contributed by atoms with van der Waals surface area (Å²) in [6, 6.07) is 0. The molecule has 0 spiro atoms. The maximum absolute atomic E-state index is 11.3. The number of hydrogen-bond donors (Lipinski definition) is 2. The van der Waals surface area contributed by atoms with Crippen LogP contribution in [0.3, 0.4) is 0 Å². The van der Waals surface area contributed by atoms with Crippen molar-refractivity contribution in [2.75, 3.05) is 0 Å². The Morgan fingerprint density at radius 3 is 2.38 bits per heavy atom. The molecule has 2 atom stereocenters. The standard InChI is InChI=1S/C11H16O5/c1-2-6-3-4-7(12)5-8(6)9(10(13)14)11(15)16/h6,8-9H,2-5H2,1H3,(H,13,14)(H,15,16). The minimum Gasteiger partial charge on any atom is -0.481 e. The summed E-state index contributed by atoms with van der Waals surface area (Å²) in [4.78, 5) is 33.1. The molecule has 1 rings (SSSR count). The largest absolute Gasteiger partial charge is 0.481 e. The Morgan fingerprint density at radius 2 is 1.94 bits per heavy atom. The molecule has 0 radical (unpaired) electrons. The normalized spacial score (nSPS) is 25.8. The molecule has 1 saturated carbocycles. The molecule has 0 amide bonds. The lowest BCUT2D eigenvalue weighted by Gasteiger charge is -2.32. The Morgan fingerprint density at radius 1 is 1.38 bits per heavy atom. The molecule has 0 aliphatic heterocycles. The lowest BCUT2D eigenvalue weighted by atomic mass is 9.71. The summed E-state index contributed by atoms with van der Waals surface area (Å²) in [6.45, 7) is 1.90. The van der Waals surface area contributed by atoms with E-state index in [2.05, 4.69) is 0 Å². The van der Waals surface area contributed by atoms with Crippen LogP contribution in [0.25, 0.3) is 0 Å². The van der Waals surface area contributed by atoms with E-state index in [4.69, 9.17) is 10.2 Å². The Balaban J connectivity index is 2.90. The van der Waals surface area contributed by atoms with Crippen molar-refractivity contribution < 1.29 is 24.6 Å². The van der Waals surface area contributed by atoms with Crippen molar-refractivity contribution in [3.63, 3.8) is 0 Å². The van der Waals surface area contributed by atoms with E-state index in [0.29, 0.717) is 12.8 Å². The fourth-order valence-electron chi connectivity index (χ4n) is 2.46. The van der Waals surface area contributed by atoms with Crippen LogP contribution in [-0.4, -0.2) is 27.9 Å². The van der Waals surface area contributed by atoms with Crippen LogP contribution in [0.4, 0.5) is 0 Å². The van der Waals surface area contributed by atoms with Crippen LogP contribution >= 0.6 is 0 Å². The first-order chi connectivity index (χ1) is 7.47. The van der Waals surface area contributed by atoms with Gasteiger partial charge in [-0.15, -0.1) is 0 Å². The molecule has 0 saturated heterocycles. The molecule has 0 aromatic heterocycles. The number of hydrogen-bond acceptors (Lipinski definition) is 3. The number of aliphatic carboxylic acids is 2. The van der Waals surface area contributed by atoms with E-state index in [-0.39, 0.29) is 18.1 Å². The van der Waals surface area contributed by atoms with Gasteiger partial charge < -0.3 is 10.2 Å². The number of carboxylic acids is 2. The number of Topliss-reactive ketones (excluding diaryl/α,β-unsaturated/α-hetero) is 1. The fraction of sp³-hybridized carbons (Fsp3) is 0.727. The van der Waals surface area contributed by atoms with E-state index in [0.717, 1.165) is 6.42 Å². The van der Waals surface area contributed by atoms with Crippen molar-refractivity contribution in [2.45, 2.75) is 32.6 Å². The topological polar surface area (TPSA) is 91.7 Å². The molecule has 0 aromatic rings. The highest BCUT2D eigenvalue weighted by molar-refractivity contribution is 5.94. The zero-order chi connectivity index (χ0) is 12.3. The second-order valence-electron chi connectivity index (χ2n) is 4.27. The van der Waals surface area contributed by atoms with Gasteiger partial charge in [0.25, 0.3) is 0 Å². The highest BCUT2D eigenvalue weighted by Crippen LogP contribution is 2.36. The first kappa shape index (κ1) is 12.7. The van der Waals surface area contributed by atoms with Gasteiger partial charge in [0.15, 0.2) is 5.92 Å². The smallest absolute Gasteiger partial charge is 0.318 e. The SMILES string of the molecule is CCC1CCC(=O)CC1C(C(=O)O)C(=O)O. The van der Waals surface area contributed by atoms with Crippen molar-refractivity contribution in [1.82, 2.24) is 0 Å². The van der Waals surface area contributed by atoms with Crippen LogP contribution < -0.4 is 0 Å². The summed E-state index contributed by atoms with van der Waals surface area (Å²) in [5, 5.41) is 17.8. The second-order valence-corrected chi connectivity index (χ2v) is 4.27. The van der Waals surface area contributed by atoms with Gasteiger partial charge in [-0.1, -0.05) is 13.3 Å². The highest BCUT2D eigenvalue weighted by atomic mass is 16.4. The maximum atomic E-state index is 11.3. The third kappa shape index (κ3) is 2.59. The molecule has 0 bridgehead atoms. The zero-order valence-electron chi connectivity index (χ0n) is 9.18. The number of carbonyl (C=O) groups is 3. The first-order valence-electron chi connectivity index (χ1n) is 5.44. The minimum atomic E-state index is -1.45. The molecule has 2 N–H and O–H groups in total. The van der Waals surface area contributed by atoms with Gasteiger partial charge in [-0.2, -0.15) is 0 Å². The predicted octanol–water partition coefficient (Wildman–Crippen LogP) is 1.17. The fourth-order valence-corrected chi connectivity index (χ4v) is 2.46. The molecular formula is C11H16O5. The summed E-state index contributed by atoms with van der Waals surface area (Å²) < 4.78 is 0. The Kier molecular flexibility index (Phi) is 4.04. The molecule has 0 aromatic carbocycles. The van der Waals surface area contributed by atoms with Crippen molar-refractivity contribution >= 4 is 17.7 Å². The average molecular weight is 228 g/mol. The van der Waals surface area contributed by atoms with Gasteiger partial charge in [-0.05, 0) is 18.3 Å². The van der Waals surface area contributed by atoms with Crippen molar-refractivity contribution in [1.29, 1.82) is 0 Å². The number of rotatable bonds is 4. The van der Waals surface area contributed by atoms with Gasteiger partial charge >= 0.3 is 11.9 Å². The molecule has 2 unspecified atom stereocenters. The van der Waals surface area contributed by atoms with Crippen LogP contribution in [0.1, 0.15) is 32.6 Å². The van der Waals surface area contributed by atoms with Gasteiger partial charge in [-0.3, -0.25) is 14.4 Å². The van der Waals surface area contributed by atoms with Crippen molar-refractivity contribution in [2.24, 2.45) is 17.8 Å². The van der Waals surface area contributed by atoms with E-state index in [9.17, 15) is 14.4 Å². The number of carbonyl (C=O) groups excluding carboxylic acids is 1. The van der Waals surface area contributed by atoms with E-state index in [1.165, 1.54) is 0 Å². The summed E-state index contributed by atoms with van der Waals surface area (Å²) in [6.07, 6.45) is 1.86. The third-order valence-electron chi connectivity index (χ3n) is 3.35. The Labute approximate surface area is 93.5 Å². The lowest BCUT2D eigenvalue weighted by molar-refractivity contribution is -0.159. The minimum absolute atomic E-state index is 0.0231. The van der Waals surface area contributed by atoms with Crippen molar-refractivity contribution in [3.8, 4) is 0 Å². The quantitative estimate of drug-likeness (QED) is 0.704. The van der Waals surface area contributed by atoms with Gasteiger partial charge in [0, 0.05) is 12.8 Å². The van der Waals surface area contributed by atoms with Crippen LogP contribution in [0.5, 0.6) is 0 Å². The Bertz CT molecular complexity index is 295. The molecule has 5 heteroatoms. The van der Waals surface area contributed by atoms with E-state index in [1.54, 1.807) is 0 Å². The Hall–Kier alpha value is -1.39. The third-order valence-corrected chi connectivity index (χ3v) is 3.35. The first-order valence-corrected chi connectivity index (χ1v) is 5.44. The zero-order valence-corrected chi connectivity index (χ0v) is 9.18. The van der Waals surface area contributed by atoms with Crippen molar-refractivity contribution in [3.05, 3.63) is 0 Å². The molecule has 16 heavy (non-hydrogen) atoms. The molecule has 0 heterocycles. The molecule has 1 aliphatic rings. The highest BCUT2D eigenvalue weighted by Gasteiger charge is 2.41.